The summed E-state index contributed by atoms with van der Waals surface area (Å²) in [5.41, 5.74) is 7.26. The maximum atomic E-state index is 12.0. The highest BCUT2D eigenvalue weighted by Gasteiger charge is 2.29. The van der Waals surface area contributed by atoms with E-state index in [1.54, 1.807) is 12.1 Å². The lowest BCUT2D eigenvalue weighted by atomic mass is 10.1. The van der Waals surface area contributed by atoms with Crippen LogP contribution >= 0.6 is 0 Å². The molecule has 1 aromatic rings. The van der Waals surface area contributed by atoms with Crippen LogP contribution < -0.4 is 11.1 Å². The van der Waals surface area contributed by atoms with Gasteiger partial charge in [-0.2, -0.15) is 5.26 Å². The predicted molar refractivity (Wildman–Crippen MR) is 70.0 cm³/mol. The lowest BCUT2D eigenvalue weighted by molar-refractivity contribution is -0.130. The van der Waals surface area contributed by atoms with Crippen LogP contribution in [0.3, 0.4) is 0 Å². The van der Waals surface area contributed by atoms with E-state index < -0.39 is 6.10 Å². The van der Waals surface area contributed by atoms with Crippen LogP contribution in [0.4, 0.5) is 0 Å². The van der Waals surface area contributed by atoms with Crippen molar-refractivity contribution >= 4 is 5.91 Å². The van der Waals surface area contributed by atoms with Crippen molar-refractivity contribution in [2.75, 3.05) is 6.61 Å². The predicted octanol–water partition coefficient (Wildman–Crippen LogP) is 0.852. The number of carbonyl (C=O) groups excluding carboxylic acids is 1. The molecule has 1 amide bonds. The Balaban J connectivity index is 1.94. The minimum absolute atomic E-state index is 0.0547. The number of hydrogen-bond donors (Lipinski definition) is 2. The molecule has 3 N–H and O–H groups in total. The molecule has 5 nitrogen and oxygen atoms in total. The zero-order valence-electron chi connectivity index (χ0n) is 10.8. The molecule has 1 aliphatic rings. The summed E-state index contributed by atoms with van der Waals surface area (Å²) in [6, 6.07) is 9.03. The molecule has 100 valence electrons. The number of carbonyl (C=O) groups is 1. The number of ether oxygens (including phenoxy) is 1. The van der Waals surface area contributed by atoms with Crippen LogP contribution in [0.2, 0.25) is 0 Å². The Morgan fingerprint density at radius 2 is 2.21 bits per heavy atom. The summed E-state index contributed by atoms with van der Waals surface area (Å²) >= 11 is 0. The molecule has 0 saturated carbocycles. The zero-order valence-corrected chi connectivity index (χ0v) is 10.8. The summed E-state index contributed by atoms with van der Waals surface area (Å²) in [4.78, 5) is 12.0. The Bertz CT molecular complexity index is 492. The first-order valence-corrected chi connectivity index (χ1v) is 6.27. The SMILES string of the molecule is C[C@H](NC(=O)C1C[C@@H](N)CO1)c1ccc(C#N)cc1. The molecular weight excluding hydrogens is 242 g/mol. The largest absolute Gasteiger partial charge is 0.367 e. The Hall–Kier alpha value is -1.90. The van der Waals surface area contributed by atoms with Gasteiger partial charge in [-0.25, -0.2) is 0 Å². The normalized spacial score (nSPS) is 23.6. The first-order chi connectivity index (χ1) is 9.10. The lowest BCUT2D eigenvalue weighted by Crippen LogP contribution is -2.36. The van der Waals surface area contributed by atoms with Crippen LogP contribution in [-0.2, 0) is 9.53 Å². The van der Waals surface area contributed by atoms with Gasteiger partial charge in [0, 0.05) is 6.04 Å². The van der Waals surface area contributed by atoms with Gasteiger partial charge in [-0.15, -0.1) is 0 Å². The molecule has 2 rings (SSSR count). The molecule has 3 atom stereocenters. The molecule has 1 aliphatic heterocycles. The third-order valence-corrected chi connectivity index (χ3v) is 3.22. The van der Waals surface area contributed by atoms with E-state index in [9.17, 15) is 4.79 Å². The Kier molecular flexibility index (Phi) is 4.15. The standard InChI is InChI=1S/C14H17N3O2/c1-9(11-4-2-10(7-15)3-5-11)17-14(18)13-6-12(16)8-19-13/h2-5,9,12-13H,6,8,16H2,1H3,(H,17,18)/t9-,12+,13?/m0/s1. The third-order valence-electron chi connectivity index (χ3n) is 3.22. The Labute approximate surface area is 112 Å². The van der Waals surface area contributed by atoms with E-state index in [0.717, 1.165) is 5.56 Å². The second kappa shape index (κ2) is 5.83. The van der Waals surface area contributed by atoms with E-state index in [-0.39, 0.29) is 18.0 Å². The first kappa shape index (κ1) is 13.5. The van der Waals surface area contributed by atoms with Crippen LogP contribution in [0.1, 0.15) is 30.5 Å². The highest BCUT2D eigenvalue weighted by molar-refractivity contribution is 5.81. The smallest absolute Gasteiger partial charge is 0.249 e. The summed E-state index contributed by atoms with van der Waals surface area (Å²) in [5.74, 6) is -0.134. The van der Waals surface area contributed by atoms with Crippen LogP contribution in [-0.4, -0.2) is 24.7 Å². The van der Waals surface area contributed by atoms with Crippen LogP contribution in [0.5, 0.6) is 0 Å². The van der Waals surface area contributed by atoms with Crippen LogP contribution in [0.15, 0.2) is 24.3 Å². The van der Waals surface area contributed by atoms with Gasteiger partial charge in [-0.3, -0.25) is 4.79 Å². The van der Waals surface area contributed by atoms with Gasteiger partial charge in [0.15, 0.2) is 0 Å². The number of rotatable bonds is 3. The summed E-state index contributed by atoms with van der Waals surface area (Å²) < 4.78 is 5.32. The van der Waals surface area contributed by atoms with Crippen molar-refractivity contribution in [3.05, 3.63) is 35.4 Å². The molecule has 0 radical (unpaired) electrons. The van der Waals surface area contributed by atoms with Crippen molar-refractivity contribution in [2.24, 2.45) is 5.73 Å². The summed E-state index contributed by atoms with van der Waals surface area (Å²) in [5, 5.41) is 11.6. The highest BCUT2D eigenvalue weighted by atomic mass is 16.5. The summed E-state index contributed by atoms with van der Waals surface area (Å²) in [6.45, 7) is 2.33. The number of nitrogens with two attached hydrogens (primary N) is 1. The van der Waals surface area contributed by atoms with Gasteiger partial charge >= 0.3 is 0 Å². The van der Waals surface area contributed by atoms with E-state index in [1.807, 2.05) is 19.1 Å². The third kappa shape index (κ3) is 3.31. The number of nitriles is 1. The Morgan fingerprint density at radius 1 is 1.53 bits per heavy atom. The van der Waals surface area contributed by atoms with Crippen molar-refractivity contribution in [1.29, 1.82) is 5.26 Å². The van der Waals surface area contributed by atoms with Gasteiger partial charge in [0.05, 0.1) is 24.3 Å². The van der Waals surface area contributed by atoms with Crippen molar-refractivity contribution in [2.45, 2.75) is 31.5 Å². The van der Waals surface area contributed by atoms with Gasteiger partial charge < -0.3 is 15.8 Å². The van der Waals surface area contributed by atoms with E-state index in [2.05, 4.69) is 11.4 Å². The molecule has 0 aliphatic carbocycles. The Morgan fingerprint density at radius 3 is 2.74 bits per heavy atom. The monoisotopic (exact) mass is 259 g/mol. The quantitative estimate of drug-likeness (QED) is 0.842. The minimum Gasteiger partial charge on any atom is -0.367 e. The molecular formula is C14H17N3O2. The number of hydrogen-bond acceptors (Lipinski definition) is 4. The fraction of sp³-hybridized carbons (Fsp3) is 0.429. The maximum Gasteiger partial charge on any atom is 0.249 e. The van der Waals surface area contributed by atoms with Crippen molar-refractivity contribution in [1.82, 2.24) is 5.32 Å². The number of amides is 1. The second-order valence-electron chi connectivity index (χ2n) is 4.78. The second-order valence-corrected chi connectivity index (χ2v) is 4.78. The van der Waals surface area contributed by atoms with Crippen molar-refractivity contribution < 1.29 is 9.53 Å². The molecule has 1 unspecified atom stereocenters. The highest BCUT2D eigenvalue weighted by Crippen LogP contribution is 2.16. The van der Waals surface area contributed by atoms with Crippen LogP contribution in [0, 0.1) is 11.3 Å². The molecule has 5 heteroatoms. The number of benzene rings is 1. The van der Waals surface area contributed by atoms with Gasteiger partial charge in [0.25, 0.3) is 0 Å². The van der Waals surface area contributed by atoms with Gasteiger partial charge in [-0.1, -0.05) is 12.1 Å². The zero-order chi connectivity index (χ0) is 13.8. The molecule has 1 saturated heterocycles. The average molecular weight is 259 g/mol. The van der Waals surface area contributed by atoms with Crippen LogP contribution in [0.25, 0.3) is 0 Å². The maximum absolute atomic E-state index is 12.0. The molecule has 19 heavy (non-hydrogen) atoms. The average Bonchev–Trinajstić information content (AvgIpc) is 2.85. The topological polar surface area (TPSA) is 88.1 Å². The van der Waals surface area contributed by atoms with Gasteiger partial charge in [-0.05, 0) is 31.0 Å². The fourth-order valence-corrected chi connectivity index (χ4v) is 2.07. The molecule has 1 fully saturated rings. The van der Waals surface area contributed by atoms with Gasteiger partial charge in [0.1, 0.15) is 6.10 Å². The van der Waals surface area contributed by atoms with E-state index in [1.165, 1.54) is 0 Å². The molecule has 0 spiro atoms. The molecule has 1 heterocycles. The number of nitrogens with zero attached hydrogens (tertiary/aromatic N) is 1. The number of nitrogens with one attached hydrogen (secondary N) is 1. The van der Waals surface area contributed by atoms with Crippen molar-refractivity contribution in [3.8, 4) is 6.07 Å². The molecule has 1 aromatic carbocycles. The lowest BCUT2D eigenvalue weighted by Gasteiger charge is -2.17. The minimum atomic E-state index is -0.448. The van der Waals surface area contributed by atoms with Gasteiger partial charge in [0.2, 0.25) is 5.91 Å². The molecule has 0 aromatic heterocycles. The van der Waals surface area contributed by atoms with E-state index in [0.29, 0.717) is 18.6 Å². The van der Waals surface area contributed by atoms with Crippen molar-refractivity contribution in [3.63, 3.8) is 0 Å². The summed E-state index contributed by atoms with van der Waals surface area (Å²) in [7, 11) is 0. The fourth-order valence-electron chi connectivity index (χ4n) is 2.07. The summed E-state index contributed by atoms with van der Waals surface area (Å²) in [6.07, 6.45) is 0.113. The van der Waals surface area contributed by atoms with E-state index >= 15 is 0 Å². The van der Waals surface area contributed by atoms with E-state index in [4.69, 9.17) is 15.7 Å². The molecule has 0 bridgehead atoms. The first-order valence-electron chi connectivity index (χ1n) is 6.27.